The van der Waals surface area contributed by atoms with Gasteiger partial charge in [-0.2, -0.15) is 5.10 Å². The van der Waals surface area contributed by atoms with Crippen LogP contribution in [-0.4, -0.2) is 25.7 Å². The number of aromatic amines is 1. The Balaban J connectivity index is 2.35. The molecule has 0 aliphatic heterocycles. The summed E-state index contributed by atoms with van der Waals surface area (Å²) in [6.45, 7) is 1.69. The van der Waals surface area contributed by atoms with Crippen LogP contribution in [0, 0.1) is 12.7 Å². The maximum atomic E-state index is 13.5. The van der Waals surface area contributed by atoms with E-state index >= 15 is 0 Å². The van der Waals surface area contributed by atoms with Gasteiger partial charge in [-0.25, -0.2) is 12.8 Å². The van der Waals surface area contributed by atoms with Crippen LogP contribution < -0.4 is 9.46 Å². The van der Waals surface area contributed by atoms with E-state index in [1.54, 1.807) is 6.92 Å². The Morgan fingerprint density at radius 1 is 1.42 bits per heavy atom. The Morgan fingerprint density at radius 3 is 2.68 bits per heavy atom. The summed E-state index contributed by atoms with van der Waals surface area (Å²) in [7, 11) is -2.57. The van der Waals surface area contributed by atoms with Crippen molar-refractivity contribution in [1.82, 2.24) is 10.2 Å². The van der Waals surface area contributed by atoms with E-state index in [-0.39, 0.29) is 16.5 Å². The van der Waals surface area contributed by atoms with Gasteiger partial charge in [-0.1, -0.05) is 0 Å². The molecule has 2 aromatic rings. The average Bonchev–Trinajstić information content (AvgIpc) is 2.74. The zero-order valence-corrected chi connectivity index (χ0v) is 11.1. The monoisotopic (exact) mass is 285 g/mol. The highest BCUT2D eigenvalue weighted by molar-refractivity contribution is 7.92. The number of nitrogens with zero attached hydrogens (tertiary/aromatic N) is 1. The molecule has 1 aromatic heterocycles. The number of aromatic nitrogens is 2. The van der Waals surface area contributed by atoms with E-state index in [0.29, 0.717) is 5.56 Å². The molecule has 19 heavy (non-hydrogen) atoms. The zero-order valence-electron chi connectivity index (χ0n) is 10.3. The minimum atomic E-state index is -3.87. The van der Waals surface area contributed by atoms with Crippen LogP contribution in [0.15, 0.2) is 29.3 Å². The zero-order chi connectivity index (χ0) is 14.0. The molecule has 0 radical (unpaired) electrons. The molecule has 0 spiro atoms. The summed E-state index contributed by atoms with van der Waals surface area (Å²) < 4.78 is 44.6. The summed E-state index contributed by atoms with van der Waals surface area (Å²) in [5.74, 6) is -0.514. The van der Waals surface area contributed by atoms with E-state index in [4.69, 9.17) is 4.74 Å². The number of benzene rings is 1. The first kappa shape index (κ1) is 13.3. The van der Waals surface area contributed by atoms with E-state index in [1.165, 1.54) is 25.4 Å². The third-order valence-electron chi connectivity index (χ3n) is 2.50. The lowest BCUT2D eigenvalue weighted by molar-refractivity contribution is 0.385. The number of ether oxygens (including phenoxy) is 1. The molecule has 0 fully saturated rings. The fraction of sp³-hybridized carbons (Fsp3) is 0.182. The van der Waals surface area contributed by atoms with Gasteiger partial charge in [0.15, 0.2) is 11.6 Å². The molecule has 2 rings (SSSR count). The Morgan fingerprint density at radius 2 is 2.16 bits per heavy atom. The molecular formula is C11H12FN3O3S. The molecule has 0 amide bonds. The van der Waals surface area contributed by atoms with Gasteiger partial charge in [-0.3, -0.25) is 9.82 Å². The lowest BCUT2D eigenvalue weighted by Gasteiger charge is -2.08. The number of hydrogen-bond acceptors (Lipinski definition) is 4. The van der Waals surface area contributed by atoms with E-state index in [2.05, 4.69) is 14.9 Å². The third-order valence-corrected chi connectivity index (χ3v) is 3.85. The van der Waals surface area contributed by atoms with E-state index in [9.17, 15) is 12.8 Å². The number of nitrogens with one attached hydrogen (secondary N) is 2. The normalized spacial score (nSPS) is 11.3. The number of hydrogen-bond donors (Lipinski definition) is 2. The minimum Gasteiger partial charge on any atom is -0.494 e. The predicted molar refractivity (Wildman–Crippen MR) is 67.1 cm³/mol. The molecule has 0 aliphatic carbocycles. The lowest BCUT2D eigenvalue weighted by Crippen LogP contribution is -2.14. The average molecular weight is 285 g/mol. The molecular weight excluding hydrogens is 273 g/mol. The number of anilines is 1. The summed E-state index contributed by atoms with van der Waals surface area (Å²) in [6.07, 6.45) is 1.48. The van der Waals surface area contributed by atoms with Crippen molar-refractivity contribution in [3.63, 3.8) is 0 Å². The number of rotatable bonds is 4. The third kappa shape index (κ3) is 2.68. The molecule has 1 heterocycles. The van der Waals surface area contributed by atoms with E-state index < -0.39 is 15.8 Å². The van der Waals surface area contributed by atoms with Crippen molar-refractivity contribution in [2.75, 3.05) is 11.8 Å². The number of methoxy groups -OCH3 is 1. The highest BCUT2D eigenvalue weighted by Gasteiger charge is 2.18. The van der Waals surface area contributed by atoms with Gasteiger partial charge in [0.2, 0.25) is 0 Å². The number of aryl methyl sites for hydroxylation is 1. The summed E-state index contributed by atoms with van der Waals surface area (Å²) in [4.78, 5) is -0.195. The Kier molecular flexibility index (Phi) is 3.43. The highest BCUT2D eigenvalue weighted by atomic mass is 32.2. The first-order valence-electron chi connectivity index (χ1n) is 5.30. The molecule has 0 saturated carbocycles. The molecule has 2 N–H and O–H groups in total. The van der Waals surface area contributed by atoms with Gasteiger partial charge in [-0.05, 0) is 25.1 Å². The maximum Gasteiger partial charge on any atom is 0.263 e. The van der Waals surface area contributed by atoms with Crippen LogP contribution in [-0.2, 0) is 10.0 Å². The van der Waals surface area contributed by atoms with Crippen LogP contribution in [0.2, 0.25) is 0 Å². The van der Waals surface area contributed by atoms with Crippen LogP contribution in [0.5, 0.6) is 5.75 Å². The minimum absolute atomic E-state index is 0.0170. The maximum absolute atomic E-state index is 13.5. The highest BCUT2D eigenvalue weighted by Crippen LogP contribution is 2.22. The summed E-state index contributed by atoms with van der Waals surface area (Å²) in [5, 5.41) is 6.21. The van der Waals surface area contributed by atoms with Crippen molar-refractivity contribution < 1.29 is 17.5 Å². The van der Waals surface area contributed by atoms with E-state index in [1.807, 2.05) is 0 Å². The Labute approximate surface area is 109 Å². The van der Waals surface area contributed by atoms with Crippen molar-refractivity contribution in [2.45, 2.75) is 11.8 Å². The number of sulfonamides is 1. The van der Waals surface area contributed by atoms with Gasteiger partial charge >= 0.3 is 0 Å². The van der Waals surface area contributed by atoms with Gasteiger partial charge in [0.05, 0.1) is 18.2 Å². The molecule has 1 aromatic carbocycles. The Bertz CT molecular complexity index is 697. The van der Waals surface area contributed by atoms with Crippen LogP contribution in [0.3, 0.4) is 0 Å². The van der Waals surface area contributed by atoms with E-state index in [0.717, 1.165) is 6.07 Å². The Hall–Kier alpha value is -2.09. The first-order chi connectivity index (χ1) is 8.94. The quantitative estimate of drug-likeness (QED) is 0.895. The molecule has 0 bridgehead atoms. The van der Waals surface area contributed by atoms with Crippen LogP contribution in [0.1, 0.15) is 5.56 Å². The van der Waals surface area contributed by atoms with Crippen LogP contribution >= 0.6 is 0 Å². The summed E-state index contributed by atoms with van der Waals surface area (Å²) in [6, 6.07) is 3.41. The summed E-state index contributed by atoms with van der Waals surface area (Å²) >= 11 is 0. The second-order valence-electron chi connectivity index (χ2n) is 3.83. The van der Waals surface area contributed by atoms with Crippen LogP contribution in [0.4, 0.5) is 10.2 Å². The van der Waals surface area contributed by atoms with Crippen molar-refractivity contribution in [1.29, 1.82) is 0 Å². The summed E-state index contributed by atoms with van der Waals surface area (Å²) in [5.41, 5.74) is 0.637. The van der Waals surface area contributed by atoms with Crippen molar-refractivity contribution >= 4 is 15.8 Å². The van der Waals surface area contributed by atoms with Crippen LogP contribution in [0.25, 0.3) is 0 Å². The van der Waals surface area contributed by atoms with Gasteiger partial charge in [-0.15, -0.1) is 0 Å². The topological polar surface area (TPSA) is 84.1 Å². The second-order valence-corrected chi connectivity index (χ2v) is 5.51. The van der Waals surface area contributed by atoms with Crippen molar-refractivity contribution in [2.24, 2.45) is 0 Å². The SMILES string of the molecule is COc1ccc(S(=O)(=O)Nc2[nH]ncc2C)cc1F. The molecule has 0 aliphatic rings. The van der Waals surface area contributed by atoms with Gasteiger partial charge in [0.1, 0.15) is 5.82 Å². The number of halogens is 1. The van der Waals surface area contributed by atoms with Crippen molar-refractivity contribution in [3.05, 3.63) is 35.8 Å². The van der Waals surface area contributed by atoms with Gasteiger partial charge in [0, 0.05) is 5.56 Å². The number of H-pyrrole nitrogens is 1. The molecule has 0 atom stereocenters. The molecule has 0 saturated heterocycles. The molecule has 8 heteroatoms. The standard InChI is InChI=1S/C11H12FN3O3S/c1-7-6-13-14-11(7)15-19(16,17)8-3-4-10(18-2)9(12)5-8/h3-6H,1-2H3,(H2,13,14,15). The molecule has 6 nitrogen and oxygen atoms in total. The smallest absolute Gasteiger partial charge is 0.263 e. The molecule has 102 valence electrons. The lowest BCUT2D eigenvalue weighted by atomic mass is 10.3. The fourth-order valence-corrected chi connectivity index (χ4v) is 2.56. The molecule has 0 unspecified atom stereocenters. The largest absolute Gasteiger partial charge is 0.494 e. The van der Waals surface area contributed by atoms with Gasteiger partial charge in [0.25, 0.3) is 10.0 Å². The van der Waals surface area contributed by atoms with Gasteiger partial charge < -0.3 is 4.74 Å². The predicted octanol–water partition coefficient (Wildman–Crippen LogP) is 1.67. The first-order valence-corrected chi connectivity index (χ1v) is 6.78. The fourth-order valence-electron chi connectivity index (χ4n) is 1.46. The second kappa shape index (κ2) is 4.88. The van der Waals surface area contributed by atoms with Crippen molar-refractivity contribution in [3.8, 4) is 5.75 Å².